The number of halogens is 2. The molecule has 1 atom stereocenters. The number of benzene rings is 1. The lowest BCUT2D eigenvalue weighted by Gasteiger charge is -2.45. The summed E-state index contributed by atoms with van der Waals surface area (Å²) in [4.78, 5) is 2.54. The number of piperazine rings is 1. The summed E-state index contributed by atoms with van der Waals surface area (Å²) in [5.74, 6) is 0. The Kier molecular flexibility index (Phi) is 4.28. The molecule has 1 saturated carbocycles. The number of hydrogen-bond donors (Lipinski definition) is 1. The molecule has 4 heteroatoms. The zero-order chi connectivity index (χ0) is 14.2. The SMILES string of the molecule is CC1CNC2(CCCC2)CN1Cc1c(Cl)cccc1Cl. The van der Waals surface area contributed by atoms with Gasteiger partial charge in [0.1, 0.15) is 0 Å². The first-order valence-electron chi connectivity index (χ1n) is 7.52. The fourth-order valence-corrected chi connectivity index (χ4v) is 4.10. The lowest BCUT2D eigenvalue weighted by molar-refractivity contribution is 0.0827. The Balaban J connectivity index is 1.78. The van der Waals surface area contributed by atoms with E-state index in [9.17, 15) is 0 Å². The molecule has 1 spiro atoms. The molecule has 3 rings (SSSR count). The summed E-state index contributed by atoms with van der Waals surface area (Å²) in [6, 6.07) is 6.30. The molecule has 2 nitrogen and oxygen atoms in total. The minimum absolute atomic E-state index is 0.334. The van der Waals surface area contributed by atoms with Gasteiger partial charge in [0.05, 0.1) is 0 Å². The van der Waals surface area contributed by atoms with Crippen molar-refractivity contribution in [2.75, 3.05) is 13.1 Å². The third-order valence-electron chi connectivity index (χ3n) is 4.89. The Morgan fingerprint density at radius 2 is 1.90 bits per heavy atom. The van der Waals surface area contributed by atoms with E-state index in [1.807, 2.05) is 18.2 Å². The van der Waals surface area contributed by atoms with Gasteiger partial charge in [0.2, 0.25) is 0 Å². The van der Waals surface area contributed by atoms with E-state index in [1.165, 1.54) is 25.7 Å². The molecule has 1 saturated heterocycles. The van der Waals surface area contributed by atoms with Crippen molar-refractivity contribution in [2.45, 2.75) is 50.7 Å². The van der Waals surface area contributed by atoms with Crippen LogP contribution in [0.3, 0.4) is 0 Å². The van der Waals surface area contributed by atoms with Gasteiger partial charge in [0.15, 0.2) is 0 Å². The first-order chi connectivity index (χ1) is 9.60. The van der Waals surface area contributed by atoms with E-state index in [-0.39, 0.29) is 0 Å². The van der Waals surface area contributed by atoms with Crippen LogP contribution in [0.4, 0.5) is 0 Å². The van der Waals surface area contributed by atoms with Crippen molar-refractivity contribution in [3.8, 4) is 0 Å². The predicted molar refractivity (Wildman–Crippen MR) is 85.5 cm³/mol. The van der Waals surface area contributed by atoms with E-state index in [2.05, 4.69) is 17.1 Å². The second kappa shape index (κ2) is 5.84. The van der Waals surface area contributed by atoms with Gasteiger partial charge >= 0.3 is 0 Å². The van der Waals surface area contributed by atoms with Crippen molar-refractivity contribution in [1.82, 2.24) is 10.2 Å². The summed E-state index contributed by atoms with van der Waals surface area (Å²) in [5.41, 5.74) is 1.40. The van der Waals surface area contributed by atoms with Gasteiger partial charge in [-0.15, -0.1) is 0 Å². The second-order valence-corrected chi connectivity index (χ2v) is 7.14. The molecule has 2 aliphatic rings. The quantitative estimate of drug-likeness (QED) is 0.884. The van der Waals surface area contributed by atoms with Crippen LogP contribution in [-0.2, 0) is 6.54 Å². The molecule has 1 unspecified atom stereocenters. The Hall–Kier alpha value is -0.280. The molecule has 1 N–H and O–H groups in total. The lowest BCUT2D eigenvalue weighted by atomic mass is 9.92. The molecule has 20 heavy (non-hydrogen) atoms. The largest absolute Gasteiger partial charge is 0.308 e. The summed E-state index contributed by atoms with van der Waals surface area (Å²) in [6.45, 7) is 5.29. The minimum atomic E-state index is 0.334. The topological polar surface area (TPSA) is 15.3 Å². The summed E-state index contributed by atoms with van der Waals surface area (Å²) >= 11 is 12.6. The minimum Gasteiger partial charge on any atom is -0.308 e. The molecule has 0 radical (unpaired) electrons. The number of nitrogens with one attached hydrogen (secondary N) is 1. The van der Waals surface area contributed by atoms with Crippen LogP contribution in [-0.4, -0.2) is 29.6 Å². The lowest BCUT2D eigenvalue weighted by Crippen LogP contribution is -2.62. The van der Waals surface area contributed by atoms with Gasteiger partial charge < -0.3 is 5.32 Å². The highest BCUT2D eigenvalue weighted by Crippen LogP contribution is 2.35. The van der Waals surface area contributed by atoms with Crippen LogP contribution >= 0.6 is 23.2 Å². The Morgan fingerprint density at radius 1 is 1.25 bits per heavy atom. The molecule has 1 aromatic carbocycles. The summed E-state index contributed by atoms with van der Waals surface area (Å²) in [5, 5.41) is 5.34. The zero-order valence-electron chi connectivity index (χ0n) is 12.0. The van der Waals surface area contributed by atoms with Gasteiger partial charge in [-0.2, -0.15) is 0 Å². The monoisotopic (exact) mass is 312 g/mol. The summed E-state index contributed by atoms with van der Waals surface area (Å²) in [7, 11) is 0. The number of nitrogens with zero attached hydrogens (tertiary/aromatic N) is 1. The van der Waals surface area contributed by atoms with Crippen molar-refractivity contribution < 1.29 is 0 Å². The fourth-order valence-electron chi connectivity index (χ4n) is 3.58. The van der Waals surface area contributed by atoms with Crippen LogP contribution < -0.4 is 5.32 Å². The molecule has 1 aliphatic heterocycles. The van der Waals surface area contributed by atoms with Crippen molar-refractivity contribution in [2.24, 2.45) is 0 Å². The third-order valence-corrected chi connectivity index (χ3v) is 5.59. The molecule has 1 aliphatic carbocycles. The van der Waals surface area contributed by atoms with Crippen LogP contribution in [0.15, 0.2) is 18.2 Å². The zero-order valence-corrected chi connectivity index (χ0v) is 13.5. The van der Waals surface area contributed by atoms with Gasteiger partial charge in [0, 0.05) is 46.8 Å². The van der Waals surface area contributed by atoms with E-state index >= 15 is 0 Å². The molecular formula is C16H22Cl2N2. The fraction of sp³-hybridized carbons (Fsp3) is 0.625. The summed E-state index contributed by atoms with van der Waals surface area (Å²) < 4.78 is 0. The molecule has 1 heterocycles. The van der Waals surface area contributed by atoms with Crippen molar-refractivity contribution in [3.63, 3.8) is 0 Å². The smallest absolute Gasteiger partial charge is 0.0465 e. The highest BCUT2D eigenvalue weighted by atomic mass is 35.5. The van der Waals surface area contributed by atoms with E-state index in [0.29, 0.717) is 11.6 Å². The second-order valence-electron chi connectivity index (χ2n) is 6.32. The van der Waals surface area contributed by atoms with Crippen LogP contribution in [0.25, 0.3) is 0 Å². The Morgan fingerprint density at radius 3 is 2.55 bits per heavy atom. The maximum absolute atomic E-state index is 6.32. The summed E-state index contributed by atoms with van der Waals surface area (Å²) in [6.07, 6.45) is 5.29. The van der Waals surface area contributed by atoms with Crippen LogP contribution in [0.5, 0.6) is 0 Å². The predicted octanol–water partition coefficient (Wildman–Crippen LogP) is 4.10. The van der Waals surface area contributed by atoms with Gasteiger partial charge in [0.25, 0.3) is 0 Å². The molecule has 0 bridgehead atoms. The highest BCUT2D eigenvalue weighted by Gasteiger charge is 2.39. The highest BCUT2D eigenvalue weighted by molar-refractivity contribution is 6.35. The first kappa shape index (κ1) is 14.6. The van der Waals surface area contributed by atoms with Crippen LogP contribution in [0.2, 0.25) is 10.0 Å². The third kappa shape index (κ3) is 2.85. The molecule has 1 aromatic rings. The van der Waals surface area contributed by atoms with E-state index in [0.717, 1.165) is 35.2 Å². The van der Waals surface area contributed by atoms with Crippen molar-refractivity contribution >= 4 is 23.2 Å². The standard InChI is InChI=1S/C16H22Cl2N2/c1-12-9-19-16(7-2-3-8-16)11-20(12)10-13-14(17)5-4-6-15(13)18/h4-6,12,19H,2-3,7-11H2,1H3. The average molecular weight is 313 g/mol. The maximum Gasteiger partial charge on any atom is 0.0465 e. The van der Waals surface area contributed by atoms with Crippen LogP contribution in [0.1, 0.15) is 38.2 Å². The van der Waals surface area contributed by atoms with E-state index in [1.54, 1.807) is 0 Å². The van der Waals surface area contributed by atoms with E-state index in [4.69, 9.17) is 23.2 Å². The molecule has 0 aromatic heterocycles. The molecule has 110 valence electrons. The van der Waals surface area contributed by atoms with Gasteiger partial charge in [-0.05, 0) is 31.9 Å². The van der Waals surface area contributed by atoms with Crippen molar-refractivity contribution in [1.29, 1.82) is 0 Å². The number of hydrogen-bond acceptors (Lipinski definition) is 2. The molecule has 2 fully saturated rings. The molecular weight excluding hydrogens is 291 g/mol. The van der Waals surface area contributed by atoms with Gasteiger partial charge in [-0.25, -0.2) is 0 Å². The molecule has 0 amide bonds. The Labute approximate surface area is 131 Å². The van der Waals surface area contributed by atoms with E-state index < -0.39 is 0 Å². The average Bonchev–Trinajstić information content (AvgIpc) is 2.87. The Bertz CT molecular complexity index is 463. The normalized spacial score (nSPS) is 26.2. The maximum atomic E-state index is 6.32. The number of rotatable bonds is 2. The van der Waals surface area contributed by atoms with Gasteiger partial charge in [-0.1, -0.05) is 42.1 Å². The van der Waals surface area contributed by atoms with Gasteiger partial charge in [-0.3, -0.25) is 4.90 Å². The van der Waals surface area contributed by atoms with Crippen LogP contribution in [0, 0.1) is 0 Å². The van der Waals surface area contributed by atoms with Crippen molar-refractivity contribution in [3.05, 3.63) is 33.8 Å². The first-order valence-corrected chi connectivity index (χ1v) is 8.27.